The Morgan fingerprint density at radius 1 is 1.22 bits per heavy atom. The average molecular weight is 368 g/mol. The van der Waals surface area contributed by atoms with Crippen LogP contribution >= 0.6 is 0 Å². The Morgan fingerprint density at radius 3 is 2.81 bits per heavy atom. The molecule has 0 aliphatic carbocycles. The molecule has 0 atom stereocenters. The van der Waals surface area contributed by atoms with Crippen LogP contribution in [0.5, 0.6) is 5.75 Å². The lowest BCUT2D eigenvalue weighted by Gasteiger charge is -2.12. The Kier molecular flexibility index (Phi) is 6.45. The molecule has 27 heavy (non-hydrogen) atoms. The second-order valence-corrected chi connectivity index (χ2v) is 5.87. The number of nitrogens with one attached hydrogen (secondary N) is 3. The summed E-state index contributed by atoms with van der Waals surface area (Å²) in [6, 6.07) is 11.6. The van der Waals surface area contributed by atoms with Gasteiger partial charge in [-0.25, -0.2) is 9.98 Å². The van der Waals surface area contributed by atoms with Gasteiger partial charge >= 0.3 is 0 Å². The Balaban J connectivity index is 1.48. The van der Waals surface area contributed by atoms with E-state index in [0.29, 0.717) is 43.1 Å². The number of guanidine groups is 1. The third-order valence-electron chi connectivity index (χ3n) is 3.69. The van der Waals surface area contributed by atoms with Gasteiger partial charge in [-0.2, -0.15) is 0 Å². The van der Waals surface area contributed by atoms with Gasteiger partial charge in [0.2, 0.25) is 5.82 Å². The predicted molar refractivity (Wildman–Crippen MR) is 104 cm³/mol. The quantitative estimate of drug-likeness (QED) is 0.321. The number of aliphatic imine (C=N–C) groups is 1. The van der Waals surface area contributed by atoms with Crippen LogP contribution in [0.2, 0.25) is 0 Å². The highest BCUT2D eigenvalue weighted by Gasteiger charge is 2.08. The molecule has 0 fully saturated rings. The maximum absolute atomic E-state index is 5.71. The number of hydrogen-bond donors (Lipinski definition) is 3. The van der Waals surface area contributed by atoms with Crippen LogP contribution in [0.3, 0.4) is 0 Å². The van der Waals surface area contributed by atoms with E-state index in [4.69, 9.17) is 9.15 Å². The number of ether oxygens (including phenoxy) is 1. The molecule has 3 aromatic rings. The summed E-state index contributed by atoms with van der Waals surface area (Å²) in [5, 5.41) is 13.5. The molecule has 2 heterocycles. The molecule has 3 N–H and O–H groups in total. The zero-order valence-electron chi connectivity index (χ0n) is 15.5. The number of H-pyrrole nitrogens is 1. The first-order chi connectivity index (χ1) is 13.2. The fraction of sp³-hybridized carbons (Fsp3) is 0.316. The van der Waals surface area contributed by atoms with E-state index < -0.39 is 0 Å². The first-order valence-corrected chi connectivity index (χ1v) is 8.91. The molecule has 0 aliphatic rings. The molecular formula is C19H24N6O2. The minimum atomic E-state index is 0.377. The average Bonchev–Trinajstić information content (AvgIpc) is 3.36. The van der Waals surface area contributed by atoms with Crippen LogP contribution in [0.25, 0.3) is 11.6 Å². The van der Waals surface area contributed by atoms with Crippen molar-refractivity contribution in [3.05, 3.63) is 54.0 Å². The van der Waals surface area contributed by atoms with Crippen molar-refractivity contribution in [2.45, 2.75) is 20.4 Å². The SMILES string of the molecule is CCNC(=NCc1nc(-c2ccco2)n[nH]1)NCCOc1ccc(C)cc1. The van der Waals surface area contributed by atoms with Crippen LogP contribution in [0.4, 0.5) is 0 Å². The summed E-state index contributed by atoms with van der Waals surface area (Å²) in [6.45, 7) is 6.38. The van der Waals surface area contributed by atoms with Gasteiger partial charge in [0.1, 0.15) is 24.7 Å². The lowest BCUT2D eigenvalue weighted by atomic mass is 10.2. The monoisotopic (exact) mass is 368 g/mol. The molecule has 0 unspecified atom stereocenters. The van der Waals surface area contributed by atoms with Crippen LogP contribution in [0.1, 0.15) is 18.3 Å². The Bertz CT molecular complexity index is 839. The third kappa shape index (κ3) is 5.60. The Hall–Kier alpha value is -3.29. The number of hydrogen-bond acceptors (Lipinski definition) is 5. The molecule has 0 amide bonds. The normalized spacial score (nSPS) is 11.4. The van der Waals surface area contributed by atoms with Gasteiger partial charge in [-0.05, 0) is 38.1 Å². The number of aromatic nitrogens is 3. The van der Waals surface area contributed by atoms with Gasteiger partial charge in [-0.3, -0.25) is 5.10 Å². The van der Waals surface area contributed by atoms with Gasteiger partial charge in [0.25, 0.3) is 0 Å². The summed E-state index contributed by atoms with van der Waals surface area (Å²) in [4.78, 5) is 8.89. The van der Waals surface area contributed by atoms with Gasteiger partial charge in [0.05, 0.1) is 12.8 Å². The maximum atomic E-state index is 5.71. The van der Waals surface area contributed by atoms with Crippen molar-refractivity contribution in [2.24, 2.45) is 4.99 Å². The number of benzene rings is 1. The summed E-state index contributed by atoms with van der Waals surface area (Å²) in [5.74, 6) is 3.36. The lowest BCUT2D eigenvalue weighted by Crippen LogP contribution is -2.39. The minimum absolute atomic E-state index is 0.377. The molecular weight excluding hydrogens is 344 g/mol. The highest BCUT2D eigenvalue weighted by atomic mass is 16.5. The standard InChI is InChI=1S/C19H24N6O2/c1-3-20-19(21-10-12-26-15-8-6-14(2)7-9-15)22-13-17-23-18(25-24-17)16-5-4-11-27-16/h4-9,11H,3,10,12-13H2,1-2H3,(H2,20,21,22)(H,23,24,25). The molecule has 0 saturated heterocycles. The molecule has 0 saturated carbocycles. The van der Waals surface area contributed by atoms with E-state index in [2.05, 4.69) is 37.7 Å². The Morgan fingerprint density at radius 2 is 2.07 bits per heavy atom. The number of nitrogens with zero attached hydrogens (tertiary/aromatic N) is 3. The zero-order chi connectivity index (χ0) is 18.9. The van der Waals surface area contributed by atoms with Crippen molar-refractivity contribution in [3.8, 4) is 17.3 Å². The van der Waals surface area contributed by atoms with Crippen molar-refractivity contribution in [3.63, 3.8) is 0 Å². The highest BCUT2D eigenvalue weighted by molar-refractivity contribution is 5.79. The van der Waals surface area contributed by atoms with Crippen molar-refractivity contribution < 1.29 is 9.15 Å². The number of aromatic amines is 1. The van der Waals surface area contributed by atoms with Gasteiger partial charge in [0, 0.05) is 6.54 Å². The second-order valence-electron chi connectivity index (χ2n) is 5.87. The maximum Gasteiger partial charge on any atom is 0.216 e. The van der Waals surface area contributed by atoms with E-state index >= 15 is 0 Å². The molecule has 0 aliphatic heterocycles. The van der Waals surface area contributed by atoms with E-state index in [9.17, 15) is 0 Å². The predicted octanol–water partition coefficient (Wildman–Crippen LogP) is 2.51. The Labute approximate surface area is 158 Å². The first-order valence-electron chi connectivity index (χ1n) is 8.91. The van der Waals surface area contributed by atoms with Crippen LogP contribution in [-0.2, 0) is 6.54 Å². The van der Waals surface area contributed by atoms with Crippen LogP contribution in [-0.4, -0.2) is 40.8 Å². The van der Waals surface area contributed by atoms with Crippen molar-refractivity contribution in [1.82, 2.24) is 25.8 Å². The molecule has 8 heteroatoms. The second kappa shape index (κ2) is 9.42. The molecule has 2 aromatic heterocycles. The zero-order valence-corrected chi connectivity index (χ0v) is 15.5. The fourth-order valence-electron chi connectivity index (χ4n) is 2.35. The molecule has 0 spiro atoms. The van der Waals surface area contributed by atoms with Gasteiger partial charge < -0.3 is 19.8 Å². The van der Waals surface area contributed by atoms with Crippen LogP contribution in [0, 0.1) is 6.92 Å². The first kappa shape index (κ1) is 18.5. The molecule has 1 aromatic carbocycles. The molecule has 0 radical (unpaired) electrons. The smallest absolute Gasteiger partial charge is 0.216 e. The number of rotatable bonds is 8. The lowest BCUT2D eigenvalue weighted by molar-refractivity contribution is 0.322. The van der Waals surface area contributed by atoms with Crippen LogP contribution in [0.15, 0.2) is 52.1 Å². The minimum Gasteiger partial charge on any atom is -0.492 e. The third-order valence-corrected chi connectivity index (χ3v) is 3.69. The molecule has 8 nitrogen and oxygen atoms in total. The van der Waals surface area contributed by atoms with Crippen molar-refractivity contribution >= 4 is 5.96 Å². The van der Waals surface area contributed by atoms with Crippen LogP contribution < -0.4 is 15.4 Å². The number of aryl methyl sites for hydroxylation is 1. The van der Waals surface area contributed by atoms with Gasteiger partial charge in [-0.1, -0.05) is 17.7 Å². The van der Waals surface area contributed by atoms with E-state index in [-0.39, 0.29) is 0 Å². The molecule has 3 rings (SSSR count). The molecule has 142 valence electrons. The summed E-state index contributed by atoms with van der Waals surface area (Å²) in [6.07, 6.45) is 1.59. The molecule has 0 bridgehead atoms. The topological polar surface area (TPSA) is 100 Å². The van der Waals surface area contributed by atoms with E-state index in [1.54, 1.807) is 12.3 Å². The summed E-state index contributed by atoms with van der Waals surface area (Å²) in [7, 11) is 0. The summed E-state index contributed by atoms with van der Waals surface area (Å²) < 4.78 is 11.0. The largest absolute Gasteiger partial charge is 0.492 e. The summed E-state index contributed by atoms with van der Waals surface area (Å²) in [5.41, 5.74) is 1.21. The van der Waals surface area contributed by atoms with Crippen molar-refractivity contribution in [1.29, 1.82) is 0 Å². The summed E-state index contributed by atoms with van der Waals surface area (Å²) >= 11 is 0. The van der Waals surface area contributed by atoms with Gasteiger partial charge in [0.15, 0.2) is 11.7 Å². The highest BCUT2D eigenvalue weighted by Crippen LogP contribution is 2.14. The van der Waals surface area contributed by atoms with E-state index in [1.165, 1.54) is 5.56 Å². The number of furan rings is 1. The van der Waals surface area contributed by atoms with E-state index in [0.717, 1.165) is 12.3 Å². The van der Waals surface area contributed by atoms with E-state index in [1.807, 2.05) is 37.3 Å². The van der Waals surface area contributed by atoms with Crippen molar-refractivity contribution in [2.75, 3.05) is 19.7 Å². The van der Waals surface area contributed by atoms with Gasteiger partial charge in [-0.15, -0.1) is 5.10 Å². The fourth-order valence-corrected chi connectivity index (χ4v) is 2.35.